The highest BCUT2D eigenvalue weighted by Gasteiger charge is 2.12. The molecule has 2 aromatic rings. The van der Waals surface area contributed by atoms with Crippen molar-refractivity contribution in [2.45, 2.75) is 19.9 Å². The van der Waals surface area contributed by atoms with Crippen LogP contribution in [-0.2, 0) is 6.54 Å². The number of nitrogens with zero attached hydrogens (tertiary/aromatic N) is 1. The molecule has 0 aliphatic heterocycles. The molecule has 0 amide bonds. The molecule has 1 aromatic carbocycles. The van der Waals surface area contributed by atoms with Crippen LogP contribution in [0, 0.1) is 0 Å². The van der Waals surface area contributed by atoms with Crippen molar-refractivity contribution in [3.8, 4) is 17.2 Å². The van der Waals surface area contributed by atoms with Crippen LogP contribution < -0.4 is 10.1 Å². The molecular formula is C14H17BrN2O2. The van der Waals surface area contributed by atoms with Gasteiger partial charge in [-0.2, -0.15) is 0 Å². The molecule has 4 nitrogen and oxygen atoms in total. The Morgan fingerprint density at radius 1 is 1.42 bits per heavy atom. The fourth-order valence-electron chi connectivity index (χ4n) is 1.75. The number of methoxy groups -OCH3 is 1. The van der Waals surface area contributed by atoms with Crippen LogP contribution in [0.25, 0.3) is 11.5 Å². The average Bonchev–Trinajstić information content (AvgIpc) is 2.87. The summed E-state index contributed by atoms with van der Waals surface area (Å²) in [6.45, 7) is 3.83. The summed E-state index contributed by atoms with van der Waals surface area (Å²) in [6.07, 6.45) is 2.78. The van der Waals surface area contributed by atoms with E-state index >= 15 is 0 Å². The van der Waals surface area contributed by atoms with Crippen molar-refractivity contribution in [1.82, 2.24) is 10.3 Å². The number of hydrogen-bond donors (Lipinski definition) is 1. The Bertz CT molecular complexity index is 540. The van der Waals surface area contributed by atoms with E-state index in [0.717, 1.165) is 41.0 Å². The van der Waals surface area contributed by atoms with E-state index in [1.165, 1.54) is 0 Å². The van der Waals surface area contributed by atoms with E-state index in [0.29, 0.717) is 5.89 Å². The molecule has 0 saturated heterocycles. The molecule has 1 heterocycles. The van der Waals surface area contributed by atoms with Gasteiger partial charge in [-0.1, -0.05) is 22.9 Å². The fourth-order valence-corrected chi connectivity index (χ4v) is 2.09. The van der Waals surface area contributed by atoms with E-state index in [2.05, 4.69) is 33.2 Å². The second-order valence-electron chi connectivity index (χ2n) is 4.17. The van der Waals surface area contributed by atoms with E-state index in [1.54, 1.807) is 13.4 Å². The van der Waals surface area contributed by atoms with Gasteiger partial charge in [0.2, 0.25) is 5.89 Å². The molecule has 19 heavy (non-hydrogen) atoms. The maximum absolute atomic E-state index is 5.52. The van der Waals surface area contributed by atoms with Crippen molar-refractivity contribution in [3.63, 3.8) is 0 Å². The minimum absolute atomic E-state index is 0.581. The third-order valence-corrected chi connectivity index (χ3v) is 3.17. The lowest BCUT2D eigenvalue weighted by molar-refractivity contribution is 0.414. The topological polar surface area (TPSA) is 47.3 Å². The quantitative estimate of drug-likeness (QED) is 0.824. The maximum atomic E-state index is 5.52. The van der Waals surface area contributed by atoms with Gasteiger partial charge in [0.25, 0.3) is 0 Å². The summed E-state index contributed by atoms with van der Waals surface area (Å²) in [4.78, 5) is 4.47. The zero-order valence-electron chi connectivity index (χ0n) is 11.1. The molecular weight excluding hydrogens is 308 g/mol. The summed E-state index contributed by atoms with van der Waals surface area (Å²) in [7, 11) is 1.64. The molecule has 2 rings (SSSR count). The van der Waals surface area contributed by atoms with Gasteiger partial charge in [-0.05, 0) is 31.2 Å². The fraction of sp³-hybridized carbons (Fsp3) is 0.357. The van der Waals surface area contributed by atoms with Crippen molar-refractivity contribution in [3.05, 3.63) is 34.6 Å². The number of oxazole rings is 1. The number of rotatable bonds is 6. The molecule has 0 bridgehead atoms. The lowest BCUT2D eigenvalue weighted by atomic mass is 10.2. The largest absolute Gasteiger partial charge is 0.496 e. The van der Waals surface area contributed by atoms with Gasteiger partial charge in [0, 0.05) is 11.0 Å². The van der Waals surface area contributed by atoms with Crippen molar-refractivity contribution < 1.29 is 9.15 Å². The summed E-state index contributed by atoms with van der Waals surface area (Å²) < 4.78 is 11.8. The van der Waals surface area contributed by atoms with Crippen molar-refractivity contribution in [1.29, 1.82) is 0 Å². The van der Waals surface area contributed by atoms with Crippen LogP contribution in [0.15, 0.2) is 33.4 Å². The van der Waals surface area contributed by atoms with Gasteiger partial charge >= 0.3 is 0 Å². The third-order valence-electron chi connectivity index (χ3n) is 2.68. The van der Waals surface area contributed by atoms with Gasteiger partial charge < -0.3 is 14.5 Å². The molecule has 0 atom stereocenters. The Hall–Kier alpha value is -1.33. The molecule has 102 valence electrons. The normalized spacial score (nSPS) is 10.7. The summed E-state index contributed by atoms with van der Waals surface area (Å²) in [6, 6.07) is 5.77. The van der Waals surface area contributed by atoms with Crippen LogP contribution in [0.4, 0.5) is 0 Å². The predicted molar refractivity (Wildman–Crippen MR) is 78.2 cm³/mol. The van der Waals surface area contributed by atoms with Gasteiger partial charge in [0.1, 0.15) is 12.0 Å². The van der Waals surface area contributed by atoms with Gasteiger partial charge in [-0.3, -0.25) is 0 Å². The standard InChI is InChI=1S/C14H17BrN2O2/c1-3-6-16-8-11-9-19-14(17-11)12-5-4-10(15)7-13(12)18-2/h4-5,7,9,16H,3,6,8H2,1-2H3. The van der Waals surface area contributed by atoms with Gasteiger partial charge in [0.05, 0.1) is 18.4 Å². The Morgan fingerprint density at radius 2 is 2.26 bits per heavy atom. The molecule has 5 heteroatoms. The van der Waals surface area contributed by atoms with Crippen LogP contribution >= 0.6 is 15.9 Å². The average molecular weight is 325 g/mol. The Labute approximate surface area is 121 Å². The van der Waals surface area contributed by atoms with Crippen LogP contribution in [0.2, 0.25) is 0 Å². The van der Waals surface area contributed by atoms with Crippen LogP contribution in [0.1, 0.15) is 19.0 Å². The Balaban J connectivity index is 2.18. The molecule has 0 unspecified atom stereocenters. The first kappa shape index (κ1) is 14.1. The molecule has 1 N–H and O–H groups in total. The number of halogens is 1. The van der Waals surface area contributed by atoms with E-state index < -0.39 is 0 Å². The zero-order valence-corrected chi connectivity index (χ0v) is 12.7. The Morgan fingerprint density at radius 3 is 3.00 bits per heavy atom. The van der Waals surface area contributed by atoms with Crippen LogP contribution in [-0.4, -0.2) is 18.6 Å². The molecule has 0 aliphatic carbocycles. The first-order valence-electron chi connectivity index (χ1n) is 6.23. The first-order valence-corrected chi connectivity index (χ1v) is 7.03. The van der Waals surface area contributed by atoms with E-state index in [1.807, 2.05) is 18.2 Å². The Kier molecular flexibility index (Phi) is 4.99. The van der Waals surface area contributed by atoms with Crippen LogP contribution in [0.5, 0.6) is 5.75 Å². The lowest BCUT2D eigenvalue weighted by Gasteiger charge is -2.05. The lowest BCUT2D eigenvalue weighted by Crippen LogP contribution is -2.13. The van der Waals surface area contributed by atoms with Gasteiger partial charge in [-0.25, -0.2) is 4.98 Å². The number of aromatic nitrogens is 1. The second kappa shape index (κ2) is 6.73. The highest BCUT2D eigenvalue weighted by Crippen LogP contribution is 2.31. The minimum atomic E-state index is 0.581. The van der Waals surface area contributed by atoms with E-state index in [-0.39, 0.29) is 0 Å². The minimum Gasteiger partial charge on any atom is -0.496 e. The summed E-state index contributed by atoms with van der Waals surface area (Å²) >= 11 is 3.42. The molecule has 0 saturated carbocycles. The molecule has 0 spiro atoms. The smallest absolute Gasteiger partial charge is 0.229 e. The number of hydrogen-bond acceptors (Lipinski definition) is 4. The summed E-state index contributed by atoms with van der Waals surface area (Å²) in [5.41, 5.74) is 1.75. The van der Waals surface area contributed by atoms with Crippen molar-refractivity contribution in [2.75, 3.05) is 13.7 Å². The van der Waals surface area contributed by atoms with E-state index in [9.17, 15) is 0 Å². The predicted octanol–water partition coefficient (Wildman–Crippen LogP) is 3.61. The second-order valence-corrected chi connectivity index (χ2v) is 5.08. The molecule has 1 aromatic heterocycles. The molecule has 0 fully saturated rings. The number of benzene rings is 1. The SMILES string of the molecule is CCCNCc1coc(-c2ccc(Br)cc2OC)n1. The third kappa shape index (κ3) is 3.58. The number of ether oxygens (including phenoxy) is 1. The number of nitrogens with one attached hydrogen (secondary N) is 1. The van der Waals surface area contributed by atoms with E-state index in [4.69, 9.17) is 9.15 Å². The van der Waals surface area contributed by atoms with Crippen LogP contribution in [0.3, 0.4) is 0 Å². The van der Waals surface area contributed by atoms with Crippen molar-refractivity contribution in [2.24, 2.45) is 0 Å². The maximum Gasteiger partial charge on any atom is 0.229 e. The van der Waals surface area contributed by atoms with Gasteiger partial charge in [-0.15, -0.1) is 0 Å². The zero-order chi connectivity index (χ0) is 13.7. The highest BCUT2D eigenvalue weighted by atomic mass is 79.9. The summed E-state index contributed by atoms with van der Waals surface area (Å²) in [5.74, 6) is 1.32. The van der Waals surface area contributed by atoms with Crippen molar-refractivity contribution >= 4 is 15.9 Å². The monoisotopic (exact) mass is 324 g/mol. The summed E-state index contributed by atoms with van der Waals surface area (Å²) in [5, 5.41) is 3.29. The highest BCUT2D eigenvalue weighted by molar-refractivity contribution is 9.10. The first-order chi connectivity index (χ1) is 9.24. The molecule has 0 aliphatic rings. The molecule has 0 radical (unpaired) electrons. The van der Waals surface area contributed by atoms with Gasteiger partial charge in [0.15, 0.2) is 0 Å².